The Kier molecular flexibility index (Phi) is 7.40. The zero-order chi connectivity index (χ0) is 14.4. The van der Waals surface area contributed by atoms with Gasteiger partial charge in [0.05, 0.1) is 0 Å². The molecule has 1 atom stereocenters. The van der Waals surface area contributed by atoms with Crippen molar-refractivity contribution in [2.24, 2.45) is 0 Å². The van der Waals surface area contributed by atoms with Gasteiger partial charge in [0.25, 0.3) is 0 Å². The van der Waals surface area contributed by atoms with Crippen LogP contribution in [-0.4, -0.2) is 30.8 Å². The van der Waals surface area contributed by atoms with Crippen LogP contribution in [0.4, 0.5) is 0 Å². The summed E-state index contributed by atoms with van der Waals surface area (Å²) in [6.07, 6.45) is 2.48. The van der Waals surface area contributed by atoms with Gasteiger partial charge in [0, 0.05) is 31.0 Å². The minimum atomic E-state index is -0.0303. The minimum absolute atomic E-state index is 0. The van der Waals surface area contributed by atoms with E-state index in [2.05, 4.69) is 17.6 Å². The molecule has 1 amide bonds. The van der Waals surface area contributed by atoms with Gasteiger partial charge in [-0.3, -0.25) is 9.59 Å². The topological polar surface area (TPSA) is 58.2 Å². The lowest BCUT2D eigenvalue weighted by Crippen LogP contribution is -2.36. The van der Waals surface area contributed by atoms with Crippen LogP contribution in [0.25, 0.3) is 0 Å². The Morgan fingerprint density at radius 1 is 1.24 bits per heavy atom. The van der Waals surface area contributed by atoms with Gasteiger partial charge in [-0.25, -0.2) is 0 Å². The molecule has 1 unspecified atom stereocenters. The van der Waals surface area contributed by atoms with Crippen LogP contribution in [0.5, 0.6) is 0 Å². The molecule has 2 rings (SSSR count). The second-order valence-electron chi connectivity index (χ2n) is 5.23. The van der Waals surface area contributed by atoms with Gasteiger partial charge in [-0.05, 0) is 24.9 Å². The van der Waals surface area contributed by atoms with Crippen LogP contribution in [-0.2, 0) is 11.2 Å². The van der Waals surface area contributed by atoms with Gasteiger partial charge >= 0.3 is 0 Å². The highest BCUT2D eigenvalue weighted by atomic mass is 35.5. The van der Waals surface area contributed by atoms with Crippen molar-refractivity contribution in [3.63, 3.8) is 0 Å². The molecule has 1 aromatic carbocycles. The molecule has 1 aliphatic heterocycles. The molecule has 0 aliphatic carbocycles. The van der Waals surface area contributed by atoms with Crippen LogP contribution < -0.4 is 10.6 Å². The number of hydrogen-bond donors (Lipinski definition) is 2. The number of ketones is 1. The second-order valence-corrected chi connectivity index (χ2v) is 5.23. The van der Waals surface area contributed by atoms with E-state index in [1.165, 1.54) is 5.56 Å². The largest absolute Gasteiger partial charge is 0.352 e. The molecule has 1 saturated heterocycles. The molecule has 0 aromatic heterocycles. The molecule has 5 heteroatoms. The van der Waals surface area contributed by atoms with Gasteiger partial charge in [-0.1, -0.05) is 31.2 Å². The van der Waals surface area contributed by atoms with Crippen LogP contribution >= 0.6 is 12.4 Å². The molecule has 4 nitrogen and oxygen atoms in total. The third kappa shape index (κ3) is 5.48. The zero-order valence-corrected chi connectivity index (χ0v) is 13.2. The van der Waals surface area contributed by atoms with E-state index in [4.69, 9.17) is 0 Å². The van der Waals surface area contributed by atoms with Crippen LogP contribution in [0, 0.1) is 0 Å². The summed E-state index contributed by atoms with van der Waals surface area (Å²) in [6.45, 7) is 3.87. The van der Waals surface area contributed by atoms with Crippen molar-refractivity contribution < 1.29 is 9.59 Å². The van der Waals surface area contributed by atoms with Gasteiger partial charge in [-0.15, -0.1) is 12.4 Å². The fraction of sp³-hybridized carbons (Fsp3) is 0.500. The Hall–Kier alpha value is -1.39. The van der Waals surface area contributed by atoms with Crippen molar-refractivity contribution in [1.29, 1.82) is 0 Å². The number of rotatable bonds is 6. The van der Waals surface area contributed by atoms with E-state index in [1.54, 1.807) is 0 Å². The van der Waals surface area contributed by atoms with Crippen LogP contribution in [0.15, 0.2) is 24.3 Å². The Bertz CT molecular complexity index is 468. The maximum atomic E-state index is 12.0. The number of hydrogen-bond acceptors (Lipinski definition) is 3. The Labute approximate surface area is 132 Å². The zero-order valence-electron chi connectivity index (χ0n) is 12.4. The van der Waals surface area contributed by atoms with Gasteiger partial charge in [0.15, 0.2) is 5.78 Å². The number of halogens is 1. The van der Waals surface area contributed by atoms with Gasteiger partial charge in [0.1, 0.15) is 0 Å². The Morgan fingerprint density at radius 2 is 1.95 bits per heavy atom. The minimum Gasteiger partial charge on any atom is -0.352 e. The predicted octanol–water partition coefficient (Wildman–Crippen LogP) is 2.11. The highest BCUT2D eigenvalue weighted by Crippen LogP contribution is 2.09. The smallest absolute Gasteiger partial charge is 0.220 e. The standard InChI is InChI=1S/C16H22N2O2.ClH/c1-2-12-3-5-13(6-4-12)15(19)7-8-16(20)18-14-9-10-17-11-14;/h3-6,14,17H,2,7-11H2,1H3,(H,18,20);1H. The highest BCUT2D eigenvalue weighted by Gasteiger charge is 2.17. The van der Waals surface area contributed by atoms with E-state index in [0.717, 1.165) is 25.9 Å². The average molecular weight is 311 g/mol. The fourth-order valence-electron chi connectivity index (χ4n) is 2.38. The molecular formula is C16H23ClN2O2. The van der Waals surface area contributed by atoms with E-state index in [9.17, 15) is 9.59 Å². The summed E-state index contributed by atoms with van der Waals surface area (Å²) < 4.78 is 0. The lowest BCUT2D eigenvalue weighted by molar-refractivity contribution is -0.121. The molecule has 21 heavy (non-hydrogen) atoms. The summed E-state index contributed by atoms with van der Waals surface area (Å²) in [5.41, 5.74) is 1.91. The number of carbonyl (C=O) groups is 2. The molecule has 2 N–H and O–H groups in total. The summed E-state index contributed by atoms with van der Waals surface area (Å²) >= 11 is 0. The summed E-state index contributed by atoms with van der Waals surface area (Å²) in [7, 11) is 0. The predicted molar refractivity (Wildman–Crippen MR) is 86.0 cm³/mol. The number of nitrogens with one attached hydrogen (secondary N) is 2. The van der Waals surface area contributed by atoms with E-state index in [-0.39, 0.29) is 43.0 Å². The first-order chi connectivity index (χ1) is 9.69. The normalized spacial score (nSPS) is 17.1. The van der Waals surface area contributed by atoms with E-state index >= 15 is 0 Å². The second kappa shape index (κ2) is 8.80. The average Bonchev–Trinajstić information content (AvgIpc) is 2.97. The summed E-state index contributed by atoms with van der Waals surface area (Å²) in [5, 5.41) is 6.15. The van der Waals surface area contributed by atoms with Crippen LogP contribution in [0.3, 0.4) is 0 Å². The van der Waals surface area contributed by atoms with Gasteiger partial charge in [0.2, 0.25) is 5.91 Å². The van der Waals surface area contributed by atoms with Crippen molar-refractivity contribution in [2.75, 3.05) is 13.1 Å². The Balaban J connectivity index is 0.00000220. The molecule has 0 radical (unpaired) electrons. The highest BCUT2D eigenvalue weighted by molar-refractivity contribution is 5.98. The lowest BCUT2D eigenvalue weighted by Gasteiger charge is -2.10. The summed E-state index contributed by atoms with van der Waals surface area (Å²) in [5.74, 6) is 0.00424. The van der Waals surface area contributed by atoms with Crippen molar-refractivity contribution in [3.8, 4) is 0 Å². The number of benzene rings is 1. The first-order valence-electron chi connectivity index (χ1n) is 7.31. The van der Waals surface area contributed by atoms with Gasteiger partial charge in [-0.2, -0.15) is 0 Å². The molecule has 1 heterocycles. The molecule has 0 spiro atoms. The molecule has 1 fully saturated rings. The van der Waals surface area contributed by atoms with Crippen LogP contribution in [0.2, 0.25) is 0 Å². The molecule has 1 aromatic rings. The van der Waals surface area contributed by atoms with E-state index in [1.807, 2.05) is 24.3 Å². The van der Waals surface area contributed by atoms with Crippen molar-refractivity contribution in [2.45, 2.75) is 38.6 Å². The van der Waals surface area contributed by atoms with Gasteiger partial charge < -0.3 is 10.6 Å². The molecule has 1 aliphatic rings. The SMILES string of the molecule is CCc1ccc(C(=O)CCC(=O)NC2CCNC2)cc1.Cl. The first kappa shape index (κ1) is 17.7. The fourth-order valence-corrected chi connectivity index (χ4v) is 2.38. The lowest BCUT2D eigenvalue weighted by atomic mass is 10.0. The third-order valence-corrected chi connectivity index (χ3v) is 3.69. The third-order valence-electron chi connectivity index (χ3n) is 3.69. The van der Waals surface area contributed by atoms with Crippen molar-refractivity contribution in [3.05, 3.63) is 35.4 Å². The van der Waals surface area contributed by atoms with Crippen molar-refractivity contribution >= 4 is 24.1 Å². The van der Waals surface area contributed by atoms with E-state index < -0.39 is 0 Å². The monoisotopic (exact) mass is 310 g/mol. The maximum Gasteiger partial charge on any atom is 0.220 e. The number of aryl methyl sites for hydroxylation is 1. The van der Waals surface area contributed by atoms with E-state index in [0.29, 0.717) is 5.56 Å². The molecule has 116 valence electrons. The molecule has 0 bridgehead atoms. The number of amides is 1. The number of Topliss-reactive ketones (excluding diaryl/α,β-unsaturated/α-hetero) is 1. The quantitative estimate of drug-likeness (QED) is 0.791. The molecular weight excluding hydrogens is 288 g/mol. The maximum absolute atomic E-state index is 12.0. The summed E-state index contributed by atoms with van der Waals surface area (Å²) in [6, 6.07) is 7.86. The first-order valence-corrected chi connectivity index (χ1v) is 7.31. The molecule has 0 saturated carbocycles. The summed E-state index contributed by atoms with van der Waals surface area (Å²) in [4.78, 5) is 23.7. The van der Waals surface area contributed by atoms with Crippen molar-refractivity contribution in [1.82, 2.24) is 10.6 Å². The number of carbonyl (C=O) groups excluding carboxylic acids is 2. The Morgan fingerprint density at radius 3 is 2.52 bits per heavy atom. The van der Waals surface area contributed by atoms with Crippen LogP contribution in [0.1, 0.15) is 42.1 Å².